The minimum absolute atomic E-state index is 0.104. The molecule has 32 heavy (non-hydrogen) atoms. The summed E-state index contributed by atoms with van der Waals surface area (Å²) < 4.78 is 5.43. The lowest BCUT2D eigenvalue weighted by atomic mass is 10.0. The van der Waals surface area contributed by atoms with Crippen LogP contribution in [-0.4, -0.2) is 11.8 Å². The van der Waals surface area contributed by atoms with Gasteiger partial charge in [0.15, 0.2) is 5.78 Å². The van der Waals surface area contributed by atoms with E-state index in [1.807, 2.05) is 60.7 Å². The average molecular weight is 439 g/mol. The van der Waals surface area contributed by atoms with Crippen LogP contribution in [0.3, 0.4) is 0 Å². The summed E-state index contributed by atoms with van der Waals surface area (Å²) in [6.45, 7) is 0. The zero-order chi connectivity index (χ0) is 22.3. The molecular formula is C28H19ClO3. The van der Waals surface area contributed by atoms with E-state index in [4.69, 9.17) is 16.3 Å². The standard InChI is InChI=1S/C28H19ClO3/c29-25-16-14-24(15-17-25)28(31)32-26-8-4-5-20(19-26)9-18-27(30)23-12-10-22(11-13-23)21-6-2-1-3-7-21/h1-19H/b18-9+. The highest BCUT2D eigenvalue weighted by molar-refractivity contribution is 6.30. The summed E-state index contributed by atoms with van der Waals surface area (Å²) in [5.74, 6) is -0.183. The second-order valence-corrected chi connectivity index (χ2v) is 7.55. The molecule has 0 heterocycles. The molecule has 0 aromatic heterocycles. The van der Waals surface area contributed by atoms with Crippen LogP contribution in [0.25, 0.3) is 17.2 Å². The Hall–Kier alpha value is -3.95. The first-order chi connectivity index (χ1) is 15.6. The maximum Gasteiger partial charge on any atom is 0.343 e. The van der Waals surface area contributed by atoms with Gasteiger partial charge in [-0.1, -0.05) is 84.4 Å². The van der Waals surface area contributed by atoms with Crippen LogP contribution in [0.1, 0.15) is 26.3 Å². The highest BCUT2D eigenvalue weighted by atomic mass is 35.5. The average Bonchev–Trinajstić information content (AvgIpc) is 2.84. The number of ketones is 1. The minimum Gasteiger partial charge on any atom is -0.423 e. The molecule has 0 spiro atoms. The molecule has 4 heteroatoms. The monoisotopic (exact) mass is 438 g/mol. The Morgan fingerprint density at radius 1 is 0.688 bits per heavy atom. The van der Waals surface area contributed by atoms with Gasteiger partial charge in [-0.25, -0.2) is 4.79 Å². The molecule has 4 aromatic carbocycles. The summed E-state index contributed by atoms with van der Waals surface area (Å²) in [4.78, 5) is 24.8. The molecule has 156 valence electrons. The predicted molar refractivity (Wildman–Crippen MR) is 128 cm³/mol. The fourth-order valence-corrected chi connectivity index (χ4v) is 3.29. The maximum absolute atomic E-state index is 12.6. The van der Waals surface area contributed by atoms with Crippen molar-refractivity contribution in [3.63, 3.8) is 0 Å². The Bertz CT molecular complexity index is 1260. The van der Waals surface area contributed by atoms with E-state index in [2.05, 4.69) is 0 Å². The quantitative estimate of drug-likeness (QED) is 0.139. The topological polar surface area (TPSA) is 43.4 Å². The van der Waals surface area contributed by atoms with Crippen LogP contribution in [-0.2, 0) is 0 Å². The van der Waals surface area contributed by atoms with Gasteiger partial charge in [0.05, 0.1) is 5.56 Å². The molecule has 4 aromatic rings. The van der Waals surface area contributed by atoms with Gasteiger partial charge in [0, 0.05) is 10.6 Å². The molecule has 0 radical (unpaired) electrons. The van der Waals surface area contributed by atoms with E-state index < -0.39 is 5.97 Å². The highest BCUT2D eigenvalue weighted by Gasteiger charge is 2.09. The van der Waals surface area contributed by atoms with Crippen molar-refractivity contribution in [3.05, 3.63) is 131 Å². The number of rotatable bonds is 6. The van der Waals surface area contributed by atoms with Crippen molar-refractivity contribution < 1.29 is 14.3 Å². The minimum atomic E-state index is -0.475. The molecule has 0 saturated heterocycles. The van der Waals surface area contributed by atoms with Gasteiger partial charge >= 0.3 is 5.97 Å². The third-order valence-electron chi connectivity index (χ3n) is 4.85. The number of halogens is 1. The predicted octanol–water partition coefficient (Wildman–Crippen LogP) is 7.12. The first kappa shape index (κ1) is 21.3. The Morgan fingerprint density at radius 3 is 2.06 bits per heavy atom. The lowest BCUT2D eigenvalue weighted by Gasteiger charge is -2.05. The molecule has 4 rings (SSSR count). The molecule has 0 fully saturated rings. The molecule has 0 aliphatic heterocycles. The van der Waals surface area contributed by atoms with Crippen molar-refractivity contribution >= 4 is 29.4 Å². The Kier molecular flexibility index (Phi) is 6.59. The SMILES string of the molecule is O=C(/C=C/c1cccc(OC(=O)c2ccc(Cl)cc2)c1)c1ccc(-c2ccccc2)cc1. The van der Waals surface area contributed by atoms with Crippen LogP contribution >= 0.6 is 11.6 Å². The number of carbonyl (C=O) groups is 2. The van der Waals surface area contributed by atoms with Gasteiger partial charge in [-0.05, 0) is 59.2 Å². The molecule has 0 aliphatic carbocycles. The van der Waals surface area contributed by atoms with Crippen molar-refractivity contribution in [2.45, 2.75) is 0 Å². The van der Waals surface area contributed by atoms with Crippen LogP contribution in [0.4, 0.5) is 0 Å². The summed E-state index contributed by atoms with van der Waals surface area (Å²) in [5.41, 5.74) is 3.92. The van der Waals surface area contributed by atoms with Crippen molar-refractivity contribution in [1.82, 2.24) is 0 Å². The smallest absolute Gasteiger partial charge is 0.343 e. The number of carbonyl (C=O) groups excluding carboxylic acids is 2. The summed E-state index contributed by atoms with van der Waals surface area (Å²) in [5, 5.41) is 0.549. The zero-order valence-corrected chi connectivity index (χ0v) is 17.8. The van der Waals surface area contributed by atoms with Crippen molar-refractivity contribution in [1.29, 1.82) is 0 Å². The van der Waals surface area contributed by atoms with E-state index in [0.717, 1.165) is 16.7 Å². The largest absolute Gasteiger partial charge is 0.423 e. The van der Waals surface area contributed by atoms with Crippen LogP contribution < -0.4 is 4.74 Å². The Balaban J connectivity index is 1.42. The molecular weight excluding hydrogens is 420 g/mol. The molecule has 0 amide bonds. The summed E-state index contributed by atoms with van der Waals surface area (Å²) in [6.07, 6.45) is 3.21. The maximum atomic E-state index is 12.6. The van der Waals surface area contributed by atoms with Crippen LogP contribution in [0.5, 0.6) is 5.75 Å². The van der Waals surface area contributed by atoms with Gasteiger partial charge in [-0.3, -0.25) is 4.79 Å². The summed E-state index contributed by atoms with van der Waals surface area (Å²) in [6, 6.07) is 31.0. The zero-order valence-electron chi connectivity index (χ0n) is 17.1. The van der Waals surface area contributed by atoms with Gasteiger partial charge in [-0.2, -0.15) is 0 Å². The summed E-state index contributed by atoms with van der Waals surface area (Å²) >= 11 is 5.85. The van der Waals surface area contributed by atoms with Crippen molar-refractivity contribution in [2.24, 2.45) is 0 Å². The molecule has 0 atom stereocenters. The Labute approximate surface area is 191 Å². The van der Waals surface area contributed by atoms with E-state index in [0.29, 0.717) is 21.9 Å². The van der Waals surface area contributed by atoms with Crippen LogP contribution in [0.2, 0.25) is 5.02 Å². The number of hydrogen-bond donors (Lipinski definition) is 0. The molecule has 0 unspecified atom stereocenters. The molecule has 0 N–H and O–H groups in total. The molecule has 0 bridgehead atoms. The third kappa shape index (κ3) is 5.39. The number of esters is 1. The lowest BCUT2D eigenvalue weighted by molar-refractivity contribution is 0.0734. The number of benzene rings is 4. The first-order valence-electron chi connectivity index (χ1n) is 10.0. The van der Waals surface area contributed by atoms with Gasteiger partial charge in [-0.15, -0.1) is 0 Å². The molecule has 3 nitrogen and oxygen atoms in total. The fourth-order valence-electron chi connectivity index (χ4n) is 3.16. The highest BCUT2D eigenvalue weighted by Crippen LogP contribution is 2.20. The third-order valence-corrected chi connectivity index (χ3v) is 5.10. The first-order valence-corrected chi connectivity index (χ1v) is 10.4. The Morgan fingerprint density at radius 2 is 1.34 bits per heavy atom. The second kappa shape index (κ2) is 9.90. The number of hydrogen-bond acceptors (Lipinski definition) is 3. The van der Waals surface area contributed by atoms with Crippen molar-refractivity contribution in [3.8, 4) is 16.9 Å². The lowest BCUT2D eigenvalue weighted by Crippen LogP contribution is -2.08. The second-order valence-electron chi connectivity index (χ2n) is 7.11. The summed E-state index contributed by atoms with van der Waals surface area (Å²) in [7, 11) is 0. The van der Waals surface area contributed by atoms with Gasteiger partial charge < -0.3 is 4.74 Å². The van der Waals surface area contributed by atoms with Crippen molar-refractivity contribution in [2.75, 3.05) is 0 Å². The molecule has 0 saturated carbocycles. The van der Waals surface area contributed by atoms with Crippen LogP contribution in [0, 0.1) is 0 Å². The van der Waals surface area contributed by atoms with Crippen LogP contribution in [0.15, 0.2) is 109 Å². The van der Waals surface area contributed by atoms with Gasteiger partial charge in [0.1, 0.15) is 5.75 Å². The van der Waals surface area contributed by atoms with E-state index in [-0.39, 0.29) is 5.78 Å². The molecule has 0 aliphatic rings. The van der Waals surface area contributed by atoms with Gasteiger partial charge in [0.25, 0.3) is 0 Å². The van der Waals surface area contributed by atoms with E-state index in [9.17, 15) is 9.59 Å². The van der Waals surface area contributed by atoms with E-state index >= 15 is 0 Å². The van der Waals surface area contributed by atoms with E-state index in [1.54, 1.807) is 48.5 Å². The van der Waals surface area contributed by atoms with Gasteiger partial charge in [0.2, 0.25) is 0 Å². The van der Waals surface area contributed by atoms with E-state index in [1.165, 1.54) is 6.08 Å². The fraction of sp³-hybridized carbons (Fsp3) is 0. The number of ether oxygens (including phenoxy) is 1. The number of allylic oxidation sites excluding steroid dienone is 1. The normalized spacial score (nSPS) is 10.8.